The van der Waals surface area contributed by atoms with Crippen molar-refractivity contribution in [3.05, 3.63) is 35.9 Å². The molecule has 0 amide bonds. The number of aryl methyl sites for hydroxylation is 1. The van der Waals surface area contributed by atoms with E-state index in [-0.39, 0.29) is 0 Å². The molecule has 2 aromatic heterocycles. The second kappa shape index (κ2) is 3.18. The minimum Gasteiger partial charge on any atom is -0.330 e. The summed E-state index contributed by atoms with van der Waals surface area (Å²) < 4.78 is 2.10. The lowest BCUT2D eigenvalue weighted by atomic mass is 10.2. The van der Waals surface area contributed by atoms with Crippen molar-refractivity contribution < 1.29 is 0 Å². The van der Waals surface area contributed by atoms with Gasteiger partial charge in [0, 0.05) is 12.1 Å². The first-order valence-corrected chi connectivity index (χ1v) is 4.44. The third-order valence-corrected chi connectivity index (χ3v) is 2.25. The number of nitrogens with zero attached hydrogens (tertiary/aromatic N) is 2. The van der Waals surface area contributed by atoms with E-state index in [9.17, 15) is 0 Å². The third kappa shape index (κ3) is 1.31. The van der Waals surface area contributed by atoms with Crippen LogP contribution in [0.2, 0.25) is 0 Å². The van der Waals surface area contributed by atoms with E-state index in [0.29, 0.717) is 6.54 Å². The lowest BCUT2D eigenvalue weighted by molar-refractivity contribution is 0.893. The average Bonchev–Trinajstić information content (AvgIpc) is 2.50. The van der Waals surface area contributed by atoms with Gasteiger partial charge in [-0.05, 0) is 25.6 Å². The first-order valence-electron chi connectivity index (χ1n) is 4.44. The number of imidazole rings is 1. The van der Waals surface area contributed by atoms with Crippen molar-refractivity contribution in [2.24, 2.45) is 5.73 Å². The molecule has 0 aliphatic rings. The Morgan fingerprint density at radius 1 is 1.46 bits per heavy atom. The Morgan fingerprint density at radius 2 is 2.31 bits per heavy atom. The molecule has 0 unspecified atom stereocenters. The molecule has 0 radical (unpaired) electrons. The largest absolute Gasteiger partial charge is 0.330 e. The van der Waals surface area contributed by atoms with Gasteiger partial charge in [-0.1, -0.05) is 6.07 Å². The van der Waals surface area contributed by atoms with Crippen LogP contribution >= 0.6 is 0 Å². The minimum atomic E-state index is 0.677. The van der Waals surface area contributed by atoms with Crippen LogP contribution in [0.4, 0.5) is 0 Å². The predicted molar refractivity (Wildman–Crippen MR) is 52.7 cm³/mol. The zero-order chi connectivity index (χ0) is 9.26. The summed E-state index contributed by atoms with van der Waals surface area (Å²) in [5.74, 6) is 0. The van der Waals surface area contributed by atoms with E-state index >= 15 is 0 Å². The number of rotatable bonds is 2. The molecule has 13 heavy (non-hydrogen) atoms. The van der Waals surface area contributed by atoms with Gasteiger partial charge < -0.3 is 10.1 Å². The monoisotopic (exact) mass is 175 g/mol. The van der Waals surface area contributed by atoms with Crippen LogP contribution in [-0.4, -0.2) is 15.9 Å². The Labute approximate surface area is 77.2 Å². The summed E-state index contributed by atoms with van der Waals surface area (Å²) >= 11 is 0. The molecular formula is C10H13N3. The van der Waals surface area contributed by atoms with E-state index in [1.807, 2.05) is 13.3 Å². The van der Waals surface area contributed by atoms with E-state index in [1.54, 1.807) is 0 Å². The number of pyridine rings is 1. The first-order chi connectivity index (χ1) is 6.33. The van der Waals surface area contributed by atoms with E-state index < -0.39 is 0 Å². The van der Waals surface area contributed by atoms with Crippen molar-refractivity contribution in [2.45, 2.75) is 13.3 Å². The number of nitrogens with two attached hydrogens (primary N) is 1. The predicted octanol–water partition coefficient (Wildman–Crippen LogP) is 1.14. The molecule has 2 heterocycles. The van der Waals surface area contributed by atoms with E-state index in [1.165, 1.54) is 11.2 Å². The van der Waals surface area contributed by atoms with Gasteiger partial charge in [0.2, 0.25) is 0 Å². The molecule has 0 saturated heterocycles. The van der Waals surface area contributed by atoms with Crippen LogP contribution in [-0.2, 0) is 6.42 Å². The van der Waals surface area contributed by atoms with E-state index in [4.69, 9.17) is 5.73 Å². The van der Waals surface area contributed by atoms with Crippen molar-refractivity contribution in [1.29, 1.82) is 0 Å². The molecule has 0 fully saturated rings. The molecule has 0 aromatic carbocycles. The topological polar surface area (TPSA) is 43.3 Å². The SMILES string of the molecule is Cc1ncn2c(CCN)cccc12. The summed E-state index contributed by atoms with van der Waals surface area (Å²) in [6.45, 7) is 2.69. The highest BCUT2D eigenvalue weighted by molar-refractivity contribution is 5.52. The molecule has 2 aromatic rings. The van der Waals surface area contributed by atoms with Gasteiger partial charge in [0.15, 0.2) is 0 Å². The van der Waals surface area contributed by atoms with Crippen LogP contribution < -0.4 is 5.73 Å². The maximum absolute atomic E-state index is 5.52. The number of hydrogen-bond donors (Lipinski definition) is 1. The van der Waals surface area contributed by atoms with Crippen LogP contribution in [0.1, 0.15) is 11.4 Å². The Bertz CT molecular complexity index is 417. The smallest absolute Gasteiger partial charge is 0.0997 e. The fraction of sp³-hybridized carbons (Fsp3) is 0.300. The van der Waals surface area contributed by atoms with Gasteiger partial charge in [0.05, 0.1) is 17.5 Å². The molecule has 3 heteroatoms. The number of aromatic nitrogens is 2. The summed E-state index contributed by atoms with van der Waals surface area (Å²) in [6.07, 6.45) is 2.75. The van der Waals surface area contributed by atoms with Crippen molar-refractivity contribution in [1.82, 2.24) is 9.38 Å². The van der Waals surface area contributed by atoms with Crippen LogP contribution in [0.5, 0.6) is 0 Å². The molecule has 0 atom stereocenters. The lowest BCUT2D eigenvalue weighted by Gasteiger charge is -2.02. The zero-order valence-corrected chi connectivity index (χ0v) is 7.70. The Hall–Kier alpha value is -1.35. The van der Waals surface area contributed by atoms with Gasteiger partial charge in [0.25, 0.3) is 0 Å². The first kappa shape index (κ1) is 8.26. The zero-order valence-electron chi connectivity index (χ0n) is 7.70. The van der Waals surface area contributed by atoms with Crippen LogP contribution in [0.15, 0.2) is 24.5 Å². The maximum atomic E-state index is 5.52. The summed E-state index contributed by atoms with van der Waals surface area (Å²) in [6, 6.07) is 6.21. The average molecular weight is 175 g/mol. The van der Waals surface area contributed by atoms with Crippen molar-refractivity contribution in [3.63, 3.8) is 0 Å². The molecule has 2 rings (SSSR count). The molecule has 0 bridgehead atoms. The van der Waals surface area contributed by atoms with Crippen molar-refractivity contribution >= 4 is 5.52 Å². The minimum absolute atomic E-state index is 0.677. The van der Waals surface area contributed by atoms with Crippen LogP contribution in [0, 0.1) is 6.92 Å². The van der Waals surface area contributed by atoms with Crippen LogP contribution in [0.25, 0.3) is 5.52 Å². The molecule has 0 aliphatic carbocycles. The second-order valence-corrected chi connectivity index (χ2v) is 3.14. The summed E-state index contributed by atoms with van der Waals surface area (Å²) in [5, 5.41) is 0. The van der Waals surface area contributed by atoms with E-state index in [0.717, 1.165) is 12.1 Å². The maximum Gasteiger partial charge on any atom is 0.0997 e. The Kier molecular flexibility index (Phi) is 2.02. The highest BCUT2D eigenvalue weighted by Crippen LogP contribution is 2.11. The Morgan fingerprint density at radius 3 is 3.08 bits per heavy atom. The highest BCUT2D eigenvalue weighted by atomic mass is 15.0. The summed E-state index contributed by atoms with van der Waals surface area (Å²) in [4.78, 5) is 4.26. The fourth-order valence-electron chi connectivity index (χ4n) is 1.56. The third-order valence-electron chi connectivity index (χ3n) is 2.25. The normalized spacial score (nSPS) is 10.9. The lowest BCUT2D eigenvalue weighted by Crippen LogP contribution is -2.06. The van der Waals surface area contributed by atoms with Gasteiger partial charge in [-0.3, -0.25) is 0 Å². The van der Waals surface area contributed by atoms with Gasteiger partial charge in [0.1, 0.15) is 0 Å². The molecule has 0 aliphatic heterocycles. The van der Waals surface area contributed by atoms with Gasteiger partial charge in [-0.15, -0.1) is 0 Å². The molecule has 68 valence electrons. The molecular weight excluding hydrogens is 162 g/mol. The van der Waals surface area contributed by atoms with Crippen molar-refractivity contribution in [2.75, 3.05) is 6.54 Å². The Balaban J connectivity index is 2.63. The molecule has 2 N–H and O–H groups in total. The summed E-state index contributed by atoms with van der Waals surface area (Å²) in [5.41, 5.74) is 8.99. The number of fused-ring (bicyclic) bond motifs is 1. The molecule has 3 nitrogen and oxygen atoms in total. The van der Waals surface area contributed by atoms with Gasteiger partial charge >= 0.3 is 0 Å². The van der Waals surface area contributed by atoms with Crippen molar-refractivity contribution in [3.8, 4) is 0 Å². The molecule has 0 saturated carbocycles. The molecule has 0 spiro atoms. The van der Waals surface area contributed by atoms with Gasteiger partial charge in [-0.2, -0.15) is 0 Å². The number of hydrogen-bond acceptors (Lipinski definition) is 2. The van der Waals surface area contributed by atoms with Gasteiger partial charge in [-0.25, -0.2) is 4.98 Å². The highest BCUT2D eigenvalue weighted by Gasteiger charge is 2.01. The van der Waals surface area contributed by atoms with Crippen LogP contribution in [0.3, 0.4) is 0 Å². The quantitative estimate of drug-likeness (QED) is 0.744. The fourth-order valence-corrected chi connectivity index (χ4v) is 1.56. The standard InChI is InChI=1S/C10H13N3/c1-8-10-4-2-3-9(5-6-11)13(10)7-12-8/h2-4,7H,5-6,11H2,1H3. The summed E-state index contributed by atoms with van der Waals surface area (Å²) in [7, 11) is 0. The second-order valence-electron chi connectivity index (χ2n) is 3.14. The van der Waals surface area contributed by atoms with E-state index in [2.05, 4.69) is 27.6 Å².